The van der Waals surface area contributed by atoms with E-state index < -0.39 is 0 Å². The quantitative estimate of drug-likeness (QED) is 0.546. The molecule has 0 aromatic heterocycles. The van der Waals surface area contributed by atoms with E-state index in [1.807, 2.05) is 12.1 Å². The molecule has 0 fully saturated rings. The van der Waals surface area contributed by atoms with Crippen molar-refractivity contribution < 1.29 is 19.1 Å². The molecule has 1 aromatic rings. The van der Waals surface area contributed by atoms with Gasteiger partial charge in [-0.25, -0.2) is 0 Å². The molecule has 0 N–H and O–H groups in total. The highest BCUT2D eigenvalue weighted by Gasteiger charge is 2.06. The third kappa shape index (κ3) is 4.91. The monoisotopic (exact) mass is 248 g/mol. The summed E-state index contributed by atoms with van der Waals surface area (Å²) in [6.45, 7) is 1.66. The van der Waals surface area contributed by atoms with E-state index >= 15 is 0 Å². The second-order valence-electron chi connectivity index (χ2n) is 3.99. The molecule has 0 heterocycles. The first kappa shape index (κ1) is 14.1. The Balaban J connectivity index is 2.35. The Bertz CT molecular complexity index is 437. The van der Waals surface area contributed by atoms with Gasteiger partial charge in [-0.2, -0.15) is 0 Å². The molecule has 4 heteroatoms. The predicted molar refractivity (Wildman–Crippen MR) is 66.4 cm³/mol. The lowest BCUT2D eigenvalue weighted by molar-refractivity contribution is -0.144. The van der Waals surface area contributed by atoms with Crippen LogP contribution in [0.5, 0.6) is 0 Å². The van der Waals surface area contributed by atoms with Crippen LogP contribution in [0.15, 0.2) is 24.3 Å². The lowest BCUT2D eigenvalue weighted by Gasteiger charge is -2.06. The van der Waals surface area contributed by atoms with Crippen LogP contribution in [0.2, 0.25) is 0 Å². The van der Waals surface area contributed by atoms with E-state index in [1.54, 1.807) is 12.1 Å². The van der Waals surface area contributed by atoms with E-state index in [9.17, 15) is 14.4 Å². The van der Waals surface area contributed by atoms with Crippen LogP contribution in [-0.2, 0) is 20.7 Å². The molecule has 96 valence electrons. The summed E-state index contributed by atoms with van der Waals surface area (Å²) in [6, 6.07) is 7.17. The summed E-state index contributed by atoms with van der Waals surface area (Å²) in [5.41, 5.74) is 1.46. The van der Waals surface area contributed by atoms with Gasteiger partial charge in [0.05, 0.1) is 13.0 Å². The number of benzene rings is 1. The molecule has 0 saturated carbocycles. The third-order valence-corrected chi connectivity index (χ3v) is 2.50. The average Bonchev–Trinajstić information content (AvgIpc) is 2.37. The van der Waals surface area contributed by atoms with Gasteiger partial charge in [-0.15, -0.1) is 0 Å². The number of hydrogen-bond donors (Lipinski definition) is 0. The number of ether oxygens (including phenoxy) is 1. The third-order valence-electron chi connectivity index (χ3n) is 2.50. The second-order valence-corrected chi connectivity index (χ2v) is 3.99. The highest BCUT2D eigenvalue weighted by Crippen LogP contribution is 2.07. The van der Waals surface area contributed by atoms with Crippen molar-refractivity contribution in [3.05, 3.63) is 35.4 Å². The first-order valence-electron chi connectivity index (χ1n) is 5.81. The van der Waals surface area contributed by atoms with Crippen LogP contribution in [0.1, 0.15) is 35.7 Å². The van der Waals surface area contributed by atoms with Gasteiger partial charge in [0.25, 0.3) is 0 Å². The summed E-state index contributed by atoms with van der Waals surface area (Å²) < 4.78 is 4.99. The maximum absolute atomic E-state index is 11.2. The highest BCUT2D eigenvalue weighted by molar-refractivity contribution is 5.81. The minimum atomic E-state index is -0.381. The van der Waals surface area contributed by atoms with E-state index in [1.165, 1.54) is 6.92 Å². The Labute approximate surface area is 106 Å². The van der Waals surface area contributed by atoms with Gasteiger partial charge >= 0.3 is 5.97 Å². The van der Waals surface area contributed by atoms with Crippen LogP contribution in [0, 0.1) is 0 Å². The van der Waals surface area contributed by atoms with Gasteiger partial charge in [-0.1, -0.05) is 24.3 Å². The molecular weight excluding hydrogens is 232 g/mol. The lowest BCUT2D eigenvalue weighted by atomic mass is 10.1. The zero-order valence-electron chi connectivity index (χ0n) is 10.3. The van der Waals surface area contributed by atoms with Gasteiger partial charge in [-0.3, -0.25) is 9.59 Å². The zero-order valence-corrected chi connectivity index (χ0v) is 10.3. The Morgan fingerprint density at radius 3 is 2.61 bits per heavy atom. The summed E-state index contributed by atoms with van der Waals surface area (Å²) in [5.74, 6) is -0.410. The molecule has 18 heavy (non-hydrogen) atoms. The molecule has 1 rings (SSSR count). The molecule has 0 spiro atoms. The van der Waals surface area contributed by atoms with Gasteiger partial charge in [0.2, 0.25) is 0 Å². The number of aldehydes is 1. The van der Waals surface area contributed by atoms with Gasteiger partial charge < -0.3 is 9.53 Å². The lowest BCUT2D eigenvalue weighted by Crippen LogP contribution is -2.09. The minimum absolute atomic E-state index is 0.0294. The summed E-state index contributed by atoms with van der Waals surface area (Å²) in [7, 11) is 0. The number of Topliss-reactive ketones (excluding diaryl/α,β-unsaturated/α-hetero) is 1. The van der Waals surface area contributed by atoms with E-state index in [-0.39, 0.29) is 31.2 Å². The van der Waals surface area contributed by atoms with Crippen molar-refractivity contribution in [3.63, 3.8) is 0 Å². The topological polar surface area (TPSA) is 60.4 Å². The summed E-state index contributed by atoms with van der Waals surface area (Å²) in [6.07, 6.45) is 1.61. The first-order chi connectivity index (χ1) is 8.63. The van der Waals surface area contributed by atoms with E-state index in [0.29, 0.717) is 12.0 Å². The Hall–Kier alpha value is -1.97. The van der Waals surface area contributed by atoms with Gasteiger partial charge in [-0.05, 0) is 12.5 Å². The SMILES string of the molecule is CC(=O)CCC(=O)OCCc1ccccc1C=O. The zero-order chi connectivity index (χ0) is 13.4. The largest absolute Gasteiger partial charge is 0.465 e. The summed E-state index contributed by atoms with van der Waals surface area (Å²) in [4.78, 5) is 32.7. The molecule has 0 aliphatic carbocycles. The second kappa shape index (κ2) is 7.37. The van der Waals surface area contributed by atoms with Crippen LogP contribution in [0.25, 0.3) is 0 Å². The fraction of sp³-hybridized carbons (Fsp3) is 0.357. The van der Waals surface area contributed by atoms with Crippen molar-refractivity contribution in [2.75, 3.05) is 6.61 Å². The summed E-state index contributed by atoms with van der Waals surface area (Å²) in [5, 5.41) is 0. The summed E-state index contributed by atoms with van der Waals surface area (Å²) >= 11 is 0. The van der Waals surface area contributed by atoms with Crippen molar-refractivity contribution in [1.82, 2.24) is 0 Å². The van der Waals surface area contributed by atoms with Gasteiger partial charge in [0.15, 0.2) is 0 Å². The molecule has 1 aromatic carbocycles. The molecule has 0 amide bonds. The Morgan fingerprint density at radius 2 is 1.94 bits per heavy atom. The molecule has 0 bridgehead atoms. The van der Waals surface area contributed by atoms with Crippen LogP contribution in [-0.4, -0.2) is 24.6 Å². The van der Waals surface area contributed by atoms with Gasteiger partial charge in [0, 0.05) is 18.4 Å². The maximum Gasteiger partial charge on any atom is 0.306 e. The number of hydrogen-bond acceptors (Lipinski definition) is 4. The van der Waals surface area contributed by atoms with Crippen LogP contribution in [0.3, 0.4) is 0 Å². The fourth-order valence-corrected chi connectivity index (χ4v) is 1.50. The number of rotatable bonds is 7. The number of ketones is 1. The molecule has 0 unspecified atom stereocenters. The van der Waals surface area contributed by atoms with E-state index in [4.69, 9.17) is 4.74 Å². The van der Waals surface area contributed by atoms with Crippen LogP contribution in [0.4, 0.5) is 0 Å². The molecule has 0 atom stereocenters. The Morgan fingerprint density at radius 1 is 1.22 bits per heavy atom. The highest BCUT2D eigenvalue weighted by atomic mass is 16.5. The molecule has 0 aliphatic heterocycles. The molecule has 0 aliphatic rings. The number of carbonyl (C=O) groups is 3. The minimum Gasteiger partial charge on any atom is -0.465 e. The van der Waals surface area contributed by atoms with Crippen molar-refractivity contribution in [2.45, 2.75) is 26.2 Å². The van der Waals surface area contributed by atoms with Gasteiger partial charge in [0.1, 0.15) is 12.1 Å². The maximum atomic E-state index is 11.2. The predicted octanol–water partition coefficient (Wildman–Crippen LogP) is 1.95. The van der Waals surface area contributed by atoms with Crippen molar-refractivity contribution in [1.29, 1.82) is 0 Å². The standard InChI is InChI=1S/C14H16O4/c1-11(16)6-7-14(17)18-9-8-12-4-2-3-5-13(12)10-15/h2-5,10H,6-9H2,1H3. The molecular formula is C14H16O4. The molecule has 4 nitrogen and oxygen atoms in total. The van der Waals surface area contributed by atoms with Crippen LogP contribution < -0.4 is 0 Å². The number of esters is 1. The molecule has 0 radical (unpaired) electrons. The van der Waals surface area contributed by atoms with Crippen molar-refractivity contribution in [3.8, 4) is 0 Å². The average molecular weight is 248 g/mol. The first-order valence-corrected chi connectivity index (χ1v) is 5.81. The fourth-order valence-electron chi connectivity index (χ4n) is 1.50. The van der Waals surface area contributed by atoms with Crippen molar-refractivity contribution in [2.24, 2.45) is 0 Å². The van der Waals surface area contributed by atoms with Crippen molar-refractivity contribution >= 4 is 18.0 Å². The van der Waals surface area contributed by atoms with E-state index in [0.717, 1.165) is 11.8 Å². The Kier molecular flexibility index (Phi) is 5.77. The molecule has 0 saturated heterocycles. The normalized spacial score (nSPS) is 9.83. The van der Waals surface area contributed by atoms with E-state index in [2.05, 4.69) is 0 Å². The van der Waals surface area contributed by atoms with Crippen LogP contribution >= 0.6 is 0 Å². The smallest absolute Gasteiger partial charge is 0.306 e. The number of carbonyl (C=O) groups excluding carboxylic acids is 3.